The number of nitrogens with zero attached hydrogens (tertiary/aromatic N) is 1. The zero-order chi connectivity index (χ0) is 12.0. The Kier molecular flexibility index (Phi) is 5.77. The van der Waals surface area contributed by atoms with E-state index in [9.17, 15) is 4.79 Å². The first-order valence-corrected chi connectivity index (χ1v) is 6.15. The molecule has 1 fully saturated rings. The largest absolute Gasteiger partial charge is 0.385 e. The van der Waals surface area contributed by atoms with Crippen LogP contribution in [0.5, 0.6) is 0 Å². The second-order valence-corrected chi connectivity index (χ2v) is 4.66. The van der Waals surface area contributed by atoms with Crippen LogP contribution < -0.4 is 5.32 Å². The number of carbonyl (C=O) groups is 1. The summed E-state index contributed by atoms with van der Waals surface area (Å²) in [6, 6.07) is 0.492. The first-order chi connectivity index (χ1) is 7.65. The molecule has 1 saturated heterocycles. The number of piperidine rings is 1. The molecule has 1 aliphatic heterocycles. The Morgan fingerprint density at radius 3 is 2.88 bits per heavy atom. The van der Waals surface area contributed by atoms with Crippen molar-refractivity contribution in [3.63, 3.8) is 0 Å². The highest BCUT2D eigenvalue weighted by molar-refractivity contribution is 5.81. The predicted molar refractivity (Wildman–Crippen MR) is 64.4 cm³/mol. The summed E-state index contributed by atoms with van der Waals surface area (Å²) in [5.41, 5.74) is 0. The number of methoxy groups -OCH3 is 1. The molecule has 1 rings (SSSR count). The monoisotopic (exact) mass is 228 g/mol. The first kappa shape index (κ1) is 13.5. The van der Waals surface area contributed by atoms with Gasteiger partial charge in [-0.15, -0.1) is 0 Å². The standard InChI is InChI=1S/C12H24N2O2/c1-10-6-4-7-11(13-10)12(15)14(2)8-5-9-16-3/h10-11,13H,4-9H2,1-3H3. The molecule has 0 aromatic heterocycles. The van der Waals surface area contributed by atoms with Crippen LogP contribution >= 0.6 is 0 Å². The van der Waals surface area contributed by atoms with Crippen molar-refractivity contribution >= 4 is 5.91 Å². The molecule has 2 atom stereocenters. The average molecular weight is 228 g/mol. The van der Waals surface area contributed by atoms with E-state index in [2.05, 4.69) is 12.2 Å². The van der Waals surface area contributed by atoms with Crippen molar-refractivity contribution in [3.8, 4) is 0 Å². The summed E-state index contributed by atoms with van der Waals surface area (Å²) in [5, 5.41) is 3.36. The van der Waals surface area contributed by atoms with Crippen molar-refractivity contribution in [3.05, 3.63) is 0 Å². The van der Waals surface area contributed by atoms with Gasteiger partial charge in [0.2, 0.25) is 5.91 Å². The van der Waals surface area contributed by atoms with Crippen LogP contribution in [0.25, 0.3) is 0 Å². The number of rotatable bonds is 5. The lowest BCUT2D eigenvalue weighted by Crippen LogP contribution is -2.50. The van der Waals surface area contributed by atoms with Crippen LogP contribution in [0, 0.1) is 0 Å². The van der Waals surface area contributed by atoms with Gasteiger partial charge in [0.05, 0.1) is 6.04 Å². The summed E-state index contributed by atoms with van der Waals surface area (Å²) in [6.07, 6.45) is 4.20. The fourth-order valence-electron chi connectivity index (χ4n) is 2.16. The highest BCUT2D eigenvalue weighted by Crippen LogP contribution is 2.13. The Balaban J connectivity index is 2.31. The Hall–Kier alpha value is -0.610. The normalized spacial score (nSPS) is 25.4. The summed E-state index contributed by atoms with van der Waals surface area (Å²) in [6.45, 7) is 3.63. The van der Waals surface area contributed by atoms with E-state index in [1.807, 2.05) is 11.9 Å². The van der Waals surface area contributed by atoms with Crippen LogP contribution in [-0.4, -0.2) is 50.2 Å². The van der Waals surface area contributed by atoms with E-state index in [1.165, 1.54) is 6.42 Å². The van der Waals surface area contributed by atoms with Gasteiger partial charge in [-0.3, -0.25) is 4.79 Å². The van der Waals surface area contributed by atoms with Gasteiger partial charge < -0.3 is 15.0 Å². The third-order valence-corrected chi connectivity index (χ3v) is 3.13. The maximum Gasteiger partial charge on any atom is 0.239 e. The minimum absolute atomic E-state index is 0.0243. The van der Waals surface area contributed by atoms with E-state index in [1.54, 1.807) is 7.11 Å². The fraction of sp³-hybridized carbons (Fsp3) is 0.917. The van der Waals surface area contributed by atoms with Gasteiger partial charge in [0.1, 0.15) is 0 Å². The molecule has 0 aromatic rings. The molecule has 2 unspecified atom stereocenters. The average Bonchev–Trinajstić information content (AvgIpc) is 2.28. The maximum atomic E-state index is 12.1. The molecule has 0 spiro atoms. The molecule has 0 saturated carbocycles. The van der Waals surface area contributed by atoms with Crippen molar-refractivity contribution in [1.29, 1.82) is 0 Å². The molecule has 0 bridgehead atoms. The molecule has 0 aliphatic carbocycles. The number of ether oxygens (including phenoxy) is 1. The maximum absolute atomic E-state index is 12.1. The van der Waals surface area contributed by atoms with Crippen LogP contribution in [0.15, 0.2) is 0 Å². The molecule has 1 amide bonds. The number of likely N-dealkylation sites (N-methyl/N-ethyl adjacent to an activating group) is 1. The summed E-state index contributed by atoms with van der Waals surface area (Å²) in [7, 11) is 3.56. The molecular formula is C12H24N2O2. The summed E-state index contributed by atoms with van der Waals surface area (Å²) >= 11 is 0. The molecule has 4 heteroatoms. The third-order valence-electron chi connectivity index (χ3n) is 3.13. The van der Waals surface area contributed by atoms with E-state index in [-0.39, 0.29) is 11.9 Å². The topological polar surface area (TPSA) is 41.6 Å². The Morgan fingerprint density at radius 2 is 2.25 bits per heavy atom. The molecule has 1 aliphatic rings. The van der Waals surface area contributed by atoms with Crippen LogP contribution in [0.3, 0.4) is 0 Å². The van der Waals surface area contributed by atoms with Crippen LogP contribution in [0.1, 0.15) is 32.6 Å². The highest BCUT2D eigenvalue weighted by atomic mass is 16.5. The first-order valence-electron chi connectivity index (χ1n) is 6.15. The zero-order valence-corrected chi connectivity index (χ0v) is 10.7. The van der Waals surface area contributed by atoms with Gasteiger partial charge in [-0.1, -0.05) is 0 Å². The van der Waals surface area contributed by atoms with Gasteiger partial charge in [-0.05, 0) is 32.6 Å². The van der Waals surface area contributed by atoms with Crippen molar-refractivity contribution in [2.24, 2.45) is 0 Å². The van der Waals surface area contributed by atoms with E-state index in [0.29, 0.717) is 12.6 Å². The van der Waals surface area contributed by atoms with Crippen molar-refractivity contribution < 1.29 is 9.53 Å². The van der Waals surface area contributed by atoms with Gasteiger partial charge in [0, 0.05) is 33.4 Å². The van der Waals surface area contributed by atoms with Crippen LogP contribution in [0.2, 0.25) is 0 Å². The number of hydrogen-bond donors (Lipinski definition) is 1. The van der Waals surface area contributed by atoms with E-state index in [4.69, 9.17) is 4.74 Å². The number of nitrogens with one attached hydrogen (secondary N) is 1. The van der Waals surface area contributed by atoms with Crippen LogP contribution in [0.4, 0.5) is 0 Å². The van der Waals surface area contributed by atoms with Gasteiger partial charge >= 0.3 is 0 Å². The minimum Gasteiger partial charge on any atom is -0.385 e. The zero-order valence-electron chi connectivity index (χ0n) is 10.7. The molecule has 0 aromatic carbocycles. The smallest absolute Gasteiger partial charge is 0.239 e. The number of hydrogen-bond acceptors (Lipinski definition) is 3. The van der Waals surface area contributed by atoms with E-state index in [0.717, 1.165) is 25.8 Å². The second-order valence-electron chi connectivity index (χ2n) is 4.66. The highest BCUT2D eigenvalue weighted by Gasteiger charge is 2.26. The predicted octanol–water partition coefficient (Wildman–Crippen LogP) is 1.01. The minimum atomic E-state index is 0.0243. The number of amides is 1. The Bertz CT molecular complexity index is 221. The molecule has 1 heterocycles. The summed E-state index contributed by atoms with van der Waals surface area (Å²) in [5.74, 6) is 0.225. The molecule has 94 valence electrons. The quantitative estimate of drug-likeness (QED) is 0.714. The molecule has 0 radical (unpaired) electrons. The van der Waals surface area contributed by atoms with Gasteiger partial charge in [0.25, 0.3) is 0 Å². The lowest BCUT2D eigenvalue weighted by Gasteiger charge is -2.31. The second kappa shape index (κ2) is 6.86. The van der Waals surface area contributed by atoms with E-state index >= 15 is 0 Å². The summed E-state index contributed by atoms with van der Waals surface area (Å²) < 4.78 is 4.98. The van der Waals surface area contributed by atoms with Gasteiger partial charge in [0.15, 0.2) is 0 Å². The Morgan fingerprint density at radius 1 is 1.50 bits per heavy atom. The molecule has 4 nitrogen and oxygen atoms in total. The SMILES string of the molecule is COCCCN(C)C(=O)C1CCCC(C)N1. The van der Waals surface area contributed by atoms with Gasteiger partial charge in [-0.2, -0.15) is 0 Å². The lowest BCUT2D eigenvalue weighted by atomic mass is 9.99. The summed E-state index contributed by atoms with van der Waals surface area (Å²) in [4.78, 5) is 13.9. The van der Waals surface area contributed by atoms with E-state index < -0.39 is 0 Å². The number of carbonyl (C=O) groups excluding carboxylic acids is 1. The fourth-order valence-corrected chi connectivity index (χ4v) is 2.16. The van der Waals surface area contributed by atoms with Crippen molar-refractivity contribution in [1.82, 2.24) is 10.2 Å². The molecular weight excluding hydrogens is 204 g/mol. The van der Waals surface area contributed by atoms with Crippen molar-refractivity contribution in [2.45, 2.75) is 44.7 Å². The molecule has 1 N–H and O–H groups in total. The van der Waals surface area contributed by atoms with Gasteiger partial charge in [-0.25, -0.2) is 0 Å². The van der Waals surface area contributed by atoms with Crippen molar-refractivity contribution in [2.75, 3.05) is 27.3 Å². The third kappa shape index (κ3) is 4.10. The van der Waals surface area contributed by atoms with Crippen LogP contribution in [-0.2, 0) is 9.53 Å². The molecule has 16 heavy (non-hydrogen) atoms. The Labute approximate surface area is 98.3 Å². The lowest BCUT2D eigenvalue weighted by molar-refractivity contribution is -0.133.